The SMILES string of the molecule is C=CCCOc1ccc(Nc2ncc(SC)c(Nc3cccc4c3SCN4C(=O)C=C)n2)cc1.CC.[HH].[HH]. The number of amides is 1. The van der Waals surface area contributed by atoms with Crippen molar-refractivity contribution in [1.29, 1.82) is 0 Å². The van der Waals surface area contributed by atoms with Crippen molar-refractivity contribution in [3.05, 3.63) is 74.0 Å². The second-order valence-electron chi connectivity index (χ2n) is 7.21. The predicted octanol–water partition coefficient (Wildman–Crippen LogP) is 7.74. The van der Waals surface area contributed by atoms with Crippen molar-refractivity contribution in [2.45, 2.75) is 30.1 Å². The molecule has 0 saturated carbocycles. The third-order valence-corrected chi connectivity index (χ3v) is 6.84. The number of carbonyl (C=O) groups is 1. The molecule has 2 aromatic carbocycles. The van der Waals surface area contributed by atoms with Gasteiger partial charge in [0.05, 0.1) is 33.6 Å². The number of fused-ring (bicyclic) bond motifs is 1. The first-order chi connectivity index (χ1) is 17.6. The molecule has 0 unspecified atom stereocenters. The van der Waals surface area contributed by atoms with Gasteiger partial charge in [0, 0.05) is 14.7 Å². The molecule has 3 aromatic rings. The standard InChI is InChI=1S/C25H25N5O2S2.C2H6.2H2/c1-4-6-14-32-18-12-10-17(11-13-18)27-25-26-15-21(33-3)24(29-25)28-19-8-7-9-20-23(19)34-16-30(20)22(31)5-2;1-2;;/h4-5,7-13,15H,1-2,6,14,16H2,3H3,(H2,26,27,28,29);1-2H3;2*1H. The normalized spacial score (nSPS) is 11.6. The molecule has 4 rings (SSSR count). The summed E-state index contributed by atoms with van der Waals surface area (Å²) in [6.45, 7) is 11.9. The van der Waals surface area contributed by atoms with Gasteiger partial charge in [-0.15, -0.1) is 18.3 Å². The van der Waals surface area contributed by atoms with Crippen molar-refractivity contribution < 1.29 is 12.4 Å². The van der Waals surface area contributed by atoms with Crippen molar-refractivity contribution in [2.24, 2.45) is 0 Å². The molecule has 0 bridgehead atoms. The summed E-state index contributed by atoms with van der Waals surface area (Å²) < 4.78 is 5.66. The summed E-state index contributed by atoms with van der Waals surface area (Å²) in [6.07, 6.45) is 7.74. The Morgan fingerprint density at radius 2 is 2.00 bits per heavy atom. The summed E-state index contributed by atoms with van der Waals surface area (Å²) in [5.74, 6) is 2.41. The molecule has 0 radical (unpaired) electrons. The maximum atomic E-state index is 12.2. The highest BCUT2D eigenvalue weighted by Crippen LogP contribution is 2.44. The fourth-order valence-corrected chi connectivity index (χ4v) is 4.87. The number of nitrogens with one attached hydrogen (secondary N) is 2. The lowest BCUT2D eigenvalue weighted by Gasteiger charge is -2.16. The topological polar surface area (TPSA) is 79.4 Å². The van der Waals surface area contributed by atoms with Gasteiger partial charge in [-0.2, -0.15) is 4.98 Å². The lowest BCUT2D eigenvalue weighted by atomic mass is 10.2. The molecule has 2 heterocycles. The van der Waals surface area contributed by atoms with E-state index in [4.69, 9.17) is 9.72 Å². The zero-order chi connectivity index (χ0) is 25.9. The smallest absolute Gasteiger partial charge is 0.251 e. The van der Waals surface area contributed by atoms with Gasteiger partial charge in [0.15, 0.2) is 0 Å². The van der Waals surface area contributed by atoms with E-state index in [2.05, 4.69) is 28.8 Å². The van der Waals surface area contributed by atoms with Crippen LogP contribution in [0.5, 0.6) is 5.75 Å². The molecular formula is C27H35N5O2S2. The van der Waals surface area contributed by atoms with E-state index < -0.39 is 0 Å². The average Bonchev–Trinajstić information content (AvgIpc) is 3.36. The highest BCUT2D eigenvalue weighted by molar-refractivity contribution is 8.00. The molecule has 192 valence electrons. The number of carbonyl (C=O) groups excluding carboxylic acids is 1. The lowest BCUT2D eigenvalue weighted by molar-refractivity contribution is -0.113. The Morgan fingerprint density at radius 1 is 1.22 bits per heavy atom. The third kappa shape index (κ3) is 6.61. The lowest BCUT2D eigenvalue weighted by Crippen LogP contribution is -2.25. The van der Waals surface area contributed by atoms with Crippen LogP contribution in [0.15, 0.2) is 83.8 Å². The van der Waals surface area contributed by atoms with E-state index in [1.807, 2.05) is 68.6 Å². The monoisotopic (exact) mass is 525 g/mol. The van der Waals surface area contributed by atoms with Crippen LogP contribution in [-0.4, -0.2) is 34.6 Å². The number of anilines is 5. The Labute approximate surface area is 224 Å². The van der Waals surface area contributed by atoms with Gasteiger partial charge < -0.3 is 15.4 Å². The molecule has 36 heavy (non-hydrogen) atoms. The second-order valence-corrected chi connectivity index (χ2v) is 9.01. The van der Waals surface area contributed by atoms with Crippen molar-refractivity contribution in [3.8, 4) is 5.75 Å². The predicted molar refractivity (Wildman–Crippen MR) is 158 cm³/mol. The van der Waals surface area contributed by atoms with E-state index in [0.29, 0.717) is 24.2 Å². The fourth-order valence-electron chi connectivity index (χ4n) is 3.30. The second kappa shape index (κ2) is 13.6. The Morgan fingerprint density at radius 3 is 2.69 bits per heavy atom. The van der Waals surface area contributed by atoms with Gasteiger partial charge in [0.1, 0.15) is 11.6 Å². The van der Waals surface area contributed by atoms with Crippen molar-refractivity contribution in [1.82, 2.24) is 9.97 Å². The van der Waals surface area contributed by atoms with E-state index in [1.54, 1.807) is 34.6 Å². The number of thioether (sulfide) groups is 2. The maximum Gasteiger partial charge on any atom is 0.251 e. The van der Waals surface area contributed by atoms with Crippen LogP contribution in [0.2, 0.25) is 0 Å². The molecule has 0 atom stereocenters. The number of nitrogens with zero attached hydrogens (tertiary/aromatic N) is 3. The maximum absolute atomic E-state index is 12.2. The van der Waals surface area contributed by atoms with Gasteiger partial charge in [0.25, 0.3) is 5.91 Å². The Kier molecular flexibility index (Phi) is 10.3. The molecule has 1 aliphatic rings. The molecule has 1 aliphatic heterocycles. The van der Waals surface area contributed by atoms with Crippen LogP contribution in [0.3, 0.4) is 0 Å². The van der Waals surface area contributed by atoms with E-state index >= 15 is 0 Å². The Hall–Kier alpha value is -3.43. The van der Waals surface area contributed by atoms with Crippen LogP contribution in [0.4, 0.5) is 28.8 Å². The molecule has 1 amide bonds. The zero-order valence-corrected chi connectivity index (χ0v) is 22.4. The van der Waals surface area contributed by atoms with Crippen molar-refractivity contribution in [2.75, 3.05) is 34.3 Å². The van der Waals surface area contributed by atoms with Crippen LogP contribution in [0.1, 0.15) is 23.1 Å². The van der Waals surface area contributed by atoms with E-state index in [1.165, 1.54) is 6.08 Å². The molecule has 0 spiro atoms. The molecule has 9 heteroatoms. The summed E-state index contributed by atoms with van der Waals surface area (Å²) in [6, 6.07) is 13.5. The number of aromatic nitrogens is 2. The first-order valence-corrected chi connectivity index (χ1v) is 13.8. The van der Waals surface area contributed by atoms with E-state index in [-0.39, 0.29) is 8.76 Å². The molecule has 1 aromatic heterocycles. The molecule has 0 fully saturated rings. The quantitative estimate of drug-likeness (QED) is 0.120. The molecule has 7 nitrogen and oxygen atoms in total. The van der Waals surface area contributed by atoms with Gasteiger partial charge >= 0.3 is 0 Å². The number of rotatable bonds is 10. The van der Waals surface area contributed by atoms with E-state index in [0.717, 1.165) is 39.0 Å². The van der Waals surface area contributed by atoms with Gasteiger partial charge in [0.2, 0.25) is 5.95 Å². The minimum atomic E-state index is -0.112. The van der Waals surface area contributed by atoms with Crippen molar-refractivity contribution in [3.63, 3.8) is 0 Å². The average molecular weight is 526 g/mol. The first-order valence-electron chi connectivity index (χ1n) is 11.6. The third-order valence-electron chi connectivity index (χ3n) is 4.99. The van der Waals surface area contributed by atoms with Crippen molar-refractivity contribution >= 4 is 58.3 Å². The van der Waals surface area contributed by atoms with Crippen LogP contribution in [-0.2, 0) is 4.79 Å². The van der Waals surface area contributed by atoms with Gasteiger partial charge in [-0.3, -0.25) is 9.69 Å². The van der Waals surface area contributed by atoms with E-state index in [9.17, 15) is 4.79 Å². The minimum Gasteiger partial charge on any atom is -0.493 e. The van der Waals surface area contributed by atoms with Crippen LogP contribution >= 0.6 is 23.5 Å². The van der Waals surface area contributed by atoms with Gasteiger partial charge in [-0.1, -0.05) is 44.3 Å². The minimum absolute atomic E-state index is 0. The summed E-state index contributed by atoms with van der Waals surface area (Å²) in [4.78, 5) is 25.0. The van der Waals surface area contributed by atoms with Gasteiger partial charge in [-0.25, -0.2) is 4.98 Å². The van der Waals surface area contributed by atoms with Crippen LogP contribution in [0.25, 0.3) is 0 Å². The summed E-state index contributed by atoms with van der Waals surface area (Å²) in [5, 5.41) is 6.69. The highest BCUT2D eigenvalue weighted by atomic mass is 32.2. The number of hydrogen-bond donors (Lipinski definition) is 2. The fraction of sp³-hybridized carbons (Fsp3) is 0.222. The highest BCUT2D eigenvalue weighted by Gasteiger charge is 2.26. The largest absolute Gasteiger partial charge is 0.493 e. The summed E-state index contributed by atoms with van der Waals surface area (Å²) >= 11 is 3.17. The number of hydrogen-bond acceptors (Lipinski definition) is 8. The molecule has 2 N–H and O–H groups in total. The Balaban J connectivity index is 0.00000176. The summed E-state index contributed by atoms with van der Waals surface area (Å²) in [7, 11) is 0. The summed E-state index contributed by atoms with van der Waals surface area (Å²) in [5.41, 5.74) is 2.62. The first kappa shape index (κ1) is 27.2. The number of benzene rings is 2. The van der Waals surface area contributed by atoms with Crippen LogP contribution in [0, 0.1) is 0 Å². The number of ether oxygens (including phenoxy) is 1. The molecular weight excluding hydrogens is 490 g/mol. The molecule has 0 saturated heterocycles. The molecule has 0 aliphatic carbocycles. The Bertz CT molecular complexity index is 1210. The van der Waals surface area contributed by atoms with Gasteiger partial charge in [-0.05, 0) is 55.2 Å². The zero-order valence-electron chi connectivity index (χ0n) is 20.8. The van der Waals surface area contributed by atoms with Crippen LogP contribution < -0.4 is 20.3 Å².